The fourth-order valence-corrected chi connectivity index (χ4v) is 2.47. The Hall–Kier alpha value is -1.24. The quantitative estimate of drug-likeness (QED) is 0.785. The van der Waals surface area contributed by atoms with Gasteiger partial charge in [0, 0.05) is 12.1 Å². The van der Waals surface area contributed by atoms with Crippen LogP contribution in [0.1, 0.15) is 47.5 Å². The fraction of sp³-hybridized carbons (Fsp3) is 0.769. The first kappa shape index (κ1) is 16.8. The molecule has 114 valence electrons. The van der Waals surface area contributed by atoms with Gasteiger partial charge in [0.1, 0.15) is 0 Å². The third-order valence-corrected chi connectivity index (χ3v) is 3.70. The standard InChI is InChI=1S/C13H24N4O2S/c1-6-7-8-17-11(19)15-16-12(17)20-9(2)10(18)14-13(3,4)5/h9H,6-8H2,1-5H3,(H,14,18)(H,15,19). The van der Waals surface area contributed by atoms with Crippen molar-refractivity contribution in [3.63, 3.8) is 0 Å². The molecule has 1 rings (SSSR count). The molecule has 7 heteroatoms. The van der Waals surface area contributed by atoms with Crippen molar-refractivity contribution in [2.75, 3.05) is 0 Å². The van der Waals surface area contributed by atoms with Crippen LogP contribution in [-0.4, -0.2) is 31.5 Å². The number of aromatic amines is 1. The second kappa shape index (κ2) is 6.97. The maximum absolute atomic E-state index is 12.0. The van der Waals surface area contributed by atoms with E-state index in [0.717, 1.165) is 12.8 Å². The lowest BCUT2D eigenvalue weighted by Crippen LogP contribution is -2.44. The van der Waals surface area contributed by atoms with Gasteiger partial charge in [-0.3, -0.25) is 9.36 Å². The van der Waals surface area contributed by atoms with Gasteiger partial charge in [-0.15, -0.1) is 5.10 Å². The van der Waals surface area contributed by atoms with Gasteiger partial charge in [0.05, 0.1) is 5.25 Å². The number of nitrogens with zero attached hydrogens (tertiary/aromatic N) is 2. The minimum absolute atomic E-state index is 0.0556. The van der Waals surface area contributed by atoms with Crippen LogP contribution < -0.4 is 11.0 Å². The molecule has 0 spiro atoms. The number of amides is 1. The summed E-state index contributed by atoms with van der Waals surface area (Å²) in [4.78, 5) is 23.7. The van der Waals surface area contributed by atoms with E-state index in [1.54, 1.807) is 4.57 Å². The summed E-state index contributed by atoms with van der Waals surface area (Å²) >= 11 is 1.30. The molecule has 1 aromatic rings. The number of nitrogens with one attached hydrogen (secondary N) is 2. The number of thioether (sulfide) groups is 1. The van der Waals surface area contributed by atoms with Crippen molar-refractivity contribution in [3.05, 3.63) is 10.5 Å². The van der Waals surface area contributed by atoms with E-state index in [1.807, 2.05) is 27.7 Å². The van der Waals surface area contributed by atoms with Gasteiger partial charge in [-0.25, -0.2) is 9.89 Å². The summed E-state index contributed by atoms with van der Waals surface area (Å²) in [5.74, 6) is -0.0556. The predicted molar refractivity (Wildman–Crippen MR) is 81.0 cm³/mol. The third-order valence-electron chi connectivity index (χ3n) is 2.61. The molecular formula is C13H24N4O2S. The van der Waals surface area contributed by atoms with E-state index >= 15 is 0 Å². The van der Waals surface area contributed by atoms with Gasteiger partial charge in [0.2, 0.25) is 5.91 Å². The molecule has 6 nitrogen and oxygen atoms in total. The Morgan fingerprint density at radius 3 is 2.70 bits per heavy atom. The molecule has 0 saturated heterocycles. The number of hydrogen-bond donors (Lipinski definition) is 2. The maximum atomic E-state index is 12.0. The molecule has 20 heavy (non-hydrogen) atoms. The summed E-state index contributed by atoms with van der Waals surface area (Å²) in [5.41, 5.74) is -0.483. The maximum Gasteiger partial charge on any atom is 0.343 e. The average Bonchev–Trinajstić information content (AvgIpc) is 2.65. The second-order valence-corrected chi connectivity index (χ2v) is 7.12. The van der Waals surface area contributed by atoms with E-state index in [2.05, 4.69) is 22.4 Å². The number of carbonyl (C=O) groups excluding carboxylic acids is 1. The molecule has 0 saturated carbocycles. The summed E-state index contributed by atoms with van der Waals surface area (Å²) in [5, 5.41) is 9.63. The lowest BCUT2D eigenvalue weighted by Gasteiger charge is -2.22. The molecule has 1 unspecified atom stereocenters. The van der Waals surface area contributed by atoms with Crippen LogP contribution in [0.4, 0.5) is 0 Å². The second-order valence-electron chi connectivity index (χ2n) is 5.82. The van der Waals surface area contributed by atoms with Crippen molar-refractivity contribution in [1.82, 2.24) is 20.1 Å². The zero-order valence-corrected chi connectivity index (χ0v) is 13.6. The van der Waals surface area contributed by atoms with Crippen LogP contribution in [0.15, 0.2) is 9.95 Å². The third kappa shape index (κ3) is 5.03. The number of H-pyrrole nitrogens is 1. The van der Waals surface area contributed by atoms with E-state index in [0.29, 0.717) is 11.7 Å². The molecule has 0 aliphatic heterocycles. The van der Waals surface area contributed by atoms with Gasteiger partial charge >= 0.3 is 5.69 Å². The predicted octanol–water partition coefficient (Wildman–Crippen LogP) is 1.77. The minimum atomic E-state index is -0.301. The molecule has 0 radical (unpaired) electrons. The molecule has 1 atom stereocenters. The van der Waals surface area contributed by atoms with Gasteiger partial charge in [-0.2, -0.15) is 0 Å². The van der Waals surface area contributed by atoms with Gasteiger partial charge in [0.25, 0.3) is 0 Å². The lowest BCUT2D eigenvalue weighted by molar-refractivity contribution is -0.121. The highest BCUT2D eigenvalue weighted by molar-refractivity contribution is 8.00. The van der Waals surface area contributed by atoms with E-state index in [-0.39, 0.29) is 22.4 Å². The van der Waals surface area contributed by atoms with Crippen LogP contribution in [0.3, 0.4) is 0 Å². The average molecular weight is 300 g/mol. The van der Waals surface area contributed by atoms with E-state index in [1.165, 1.54) is 11.8 Å². The van der Waals surface area contributed by atoms with Crippen LogP contribution in [0.5, 0.6) is 0 Å². The Morgan fingerprint density at radius 1 is 1.50 bits per heavy atom. The van der Waals surface area contributed by atoms with Gasteiger partial charge in [0.15, 0.2) is 5.16 Å². The summed E-state index contributed by atoms with van der Waals surface area (Å²) in [7, 11) is 0. The van der Waals surface area contributed by atoms with Crippen LogP contribution in [0.25, 0.3) is 0 Å². The first-order chi connectivity index (χ1) is 9.24. The largest absolute Gasteiger partial charge is 0.351 e. The summed E-state index contributed by atoms with van der Waals surface area (Å²) in [6.45, 7) is 10.3. The highest BCUT2D eigenvalue weighted by Gasteiger charge is 2.22. The first-order valence-electron chi connectivity index (χ1n) is 6.88. The number of aromatic nitrogens is 3. The van der Waals surface area contributed by atoms with E-state index in [4.69, 9.17) is 0 Å². The zero-order chi connectivity index (χ0) is 15.3. The minimum Gasteiger partial charge on any atom is -0.351 e. The van der Waals surface area contributed by atoms with Crippen molar-refractivity contribution < 1.29 is 4.79 Å². The highest BCUT2D eigenvalue weighted by atomic mass is 32.2. The molecule has 0 aromatic carbocycles. The van der Waals surface area contributed by atoms with Crippen molar-refractivity contribution in [1.29, 1.82) is 0 Å². The van der Waals surface area contributed by atoms with Gasteiger partial charge in [-0.05, 0) is 34.1 Å². The molecule has 0 aliphatic carbocycles. The van der Waals surface area contributed by atoms with Crippen LogP contribution in [0, 0.1) is 0 Å². The molecule has 1 amide bonds. The Bertz CT molecular complexity index is 501. The Labute approximate surface area is 123 Å². The Kier molecular flexibility index (Phi) is 5.86. The molecular weight excluding hydrogens is 276 g/mol. The molecule has 1 heterocycles. The van der Waals surface area contributed by atoms with Crippen molar-refractivity contribution >= 4 is 17.7 Å². The Balaban J connectivity index is 2.73. The number of unbranched alkanes of at least 4 members (excludes halogenated alkanes) is 1. The van der Waals surface area contributed by atoms with Crippen molar-refractivity contribution in [2.24, 2.45) is 0 Å². The molecule has 1 aromatic heterocycles. The molecule has 0 aliphatic rings. The first-order valence-corrected chi connectivity index (χ1v) is 7.76. The van der Waals surface area contributed by atoms with Gasteiger partial charge in [-0.1, -0.05) is 25.1 Å². The Morgan fingerprint density at radius 2 is 2.15 bits per heavy atom. The SMILES string of the molecule is CCCCn1c(SC(C)C(=O)NC(C)(C)C)n[nH]c1=O. The fourth-order valence-electron chi connectivity index (χ4n) is 1.59. The van der Waals surface area contributed by atoms with Crippen LogP contribution >= 0.6 is 11.8 Å². The number of rotatable bonds is 6. The summed E-state index contributed by atoms with van der Waals surface area (Å²) in [6.07, 6.45) is 1.91. The van der Waals surface area contributed by atoms with E-state index < -0.39 is 0 Å². The highest BCUT2D eigenvalue weighted by Crippen LogP contribution is 2.20. The molecule has 0 fully saturated rings. The van der Waals surface area contributed by atoms with E-state index in [9.17, 15) is 9.59 Å². The van der Waals surface area contributed by atoms with Crippen molar-refractivity contribution in [3.8, 4) is 0 Å². The number of hydrogen-bond acceptors (Lipinski definition) is 4. The summed E-state index contributed by atoms with van der Waals surface area (Å²) < 4.78 is 1.59. The molecule has 2 N–H and O–H groups in total. The lowest BCUT2D eigenvalue weighted by atomic mass is 10.1. The normalized spacial score (nSPS) is 13.2. The smallest absolute Gasteiger partial charge is 0.343 e. The monoisotopic (exact) mass is 300 g/mol. The van der Waals surface area contributed by atoms with Crippen LogP contribution in [0.2, 0.25) is 0 Å². The van der Waals surface area contributed by atoms with Crippen LogP contribution in [-0.2, 0) is 11.3 Å². The van der Waals surface area contributed by atoms with Crippen molar-refractivity contribution in [2.45, 2.75) is 70.0 Å². The topological polar surface area (TPSA) is 79.8 Å². The summed E-state index contributed by atoms with van der Waals surface area (Å²) in [6, 6.07) is 0. The molecule has 0 bridgehead atoms. The number of carbonyl (C=O) groups is 1. The zero-order valence-electron chi connectivity index (χ0n) is 12.8. The van der Waals surface area contributed by atoms with Gasteiger partial charge < -0.3 is 5.32 Å².